The van der Waals surface area contributed by atoms with Crippen molar-refractivity contribution in [2.45, 2.75) is 0 Å². The molecule has 0 aliphatic rings. The third kappa shape index (κ3) is 5.70. The summed E-state index contributed by atoms with van der Waals surface area (Å²) in [4.78, 5) is 59.5. The van der Waals surface area contributed by atoms with Gasteiger partial charge in [-0.15, -0.1) is 0 Å². The Morgan fingerprint density at radius 3 is 1.49 bits per heavy atom. The third-order valence-electron chi connectivity index (χ3n) is 4.68. The molecule has 0 spiro atoms. The van der Waals surface area contributed by atoms with Crippen LogP contribution in [-0.4, -0.2) is 45.0 Å². The predicted octanol–water partition coefficient (Wildman–Crippen LogP) is 2.45. The molecule has 0 fully saturated rings. The van der Waals surface area contributed by atoms with Crippen LogP contribution in [0.25, 0.3) is 0 Å². The van der Waals surface area contributed by atoms with Crippen molar-refractivity contribution < 1.29 is 39.3 Å². The topological polar surface area (TPSA) is 222 Å². The summed E-state index contributed by atoms with van der Waals surface area (Å²) in [7, 11) is 0. The molecule has 3 aromatic carbocycles. The Bertz CT molecular complexity index is 1400. The van der Waals surface area contributed by atoms with Crippen LogP contribution in [0, 0.1) is 0 Å². The first kappa shape index (κ1) is 24.3. The second-order valence-corrected chi connectivity index (χ2v) is 7.27. The van der Waals surface area contributed by atoms with Gasteiger partial charge < -0.3 is 37.4 Å². The van der Waals surface area contributed by atoms with E-state index >= 15 is 0 Å². The molecule has 0 aromatic heterocycles. The Labute approximate surface area is 196 Å². The quantitative estimate of drug-likeness (QED) is 0.246. The summed E-state index contributed by atoms with van der Waals surface area (Å²) in [6.45, 7) is 0. The zero-order valence-electron chi connectivity index (χ0n) is 17.7. The largest absolute Gasteiger partial charge is 0.478 e. The first-order chi connectivity index (χ1) is 16.4. The smallest absolute Gasteiger partial charge is 0.336 e. The number of benzene rings is 3. The lowest BCUT2D eigenvalue weighted by Crippen LogP contribution is -2.19. The number of carbonyl (C=O) groups is 5. The molecule has 0 aliphatic carbocycles. The van der Waals surface area contributed by atoms with Crippen molar-refractivity contribution in [1.29, 1.82) is 0 Å². The van der Waals surface area contributed by atoms with E-state index in [0.717, 1.165) is 18.2 Å². The normalized spacial score (nSPS) is 10.3. The summed E-state index contributed by atoms with van der Waals surface area (Å²) >= 11 is 0. The monoisotopic (exact) mass is 478 g/mol. The summed E-state index contributed by atoms with van der Waals surface area (Å²) in [6.07, 6.45) is 0. The average molecular weight is 478 g/mol. The molecule has 0 saturated heterocycles. The van der Waals surface area contributed by atoms with E-state index in [1.807, 2.05) is 0 Å². The lowest BCUT2D eigenvalue weighted by atomic mass is 10.0. The maximum atomic E-state index is 12.7. The van der Waals surface area contributed by atoms with Gasteiger partial charge in [-0.25, -0.2) is 14.4 Å². The molecule has 2 amide bonds. The van der Waals surface area contributed by atoms with E-state index < -0.39 is 35.3 Å². The molecule has 3 aromatic rings. The molecule has 0 atom stereocenters. The maximum absolute atomic E-state index is 12.7. The molecule has 9 N–H and O–H groups in total. The molecule has 12 heteroatoms. The van der Waals surface area contributed by atoms with Gasteiger partial charge in [-0.1, -0.05) is 0 Å². The molecule has 0 heterocycles. The highest BCUT2D eigenvalue weighted by Crippen LogP contribution is 2.21. The number of carboxylic acids is 3. The number of rotatable bonds is 7. The standard InChI is InChI=1S/C23H18N4O8/c24-13-3-11(21(30)31)5-15(8-13)26-19(28)10-1-2-17(18(7-10)23(34)35)20(29)27-16-6-12(22(32)33)4-14(25)9-16/h1-9H,24-25H2,(H,26,28)(H,27,29)(H,30,31)(H,32,33)(H,34,35). The fourth-order valence-electron chi connectivity index (χ4n) is 3.16. The molecule has 35 heavy (non-hydrogen) atoms. The third-order valence-corrected chi connectivity index (χ3v) is 4.68. The van der Waals surface area contributed by atoms with Crippen LogP contribution in [0.4, 0.5) is 22.7 Å². The SMILES string of the molecule is Nc1cc(NC(=O)c2ccc(C(=O)Nc3cc(N)cc(C(=O)O)c3)c(C(=O)O)c2)cc(C(=O)O)c1. The first-order valence-electron chi connectivity index (χ1n) is 9.72. The number of nitrogen functional groups attached to an aromatic ring is 2. The van der Waals surface area contributed by atoms with Crippen molar-refractivity contribution in [3.05, 3.63) is 82.4 Å². The number of hydrogen-bond acceptors (Lipinski definition) is 7. The Kier molecular flexibility index (Phi) is 6.67. The van der Waals surface area contributed by atoms with E-state index in [2.05, 4.69) is 10.6 Å². The van der Waals surface area contributed by atoms with Crippen LogP contribution in [-0.2, 0) is 0 Å². The fraction of sp³-hybridized carbons (Fsp3) is 0. The predicted molar refractivity (Wildman–Crippen MR) is 125 cm³/mol. The van der Waals surface area contributed by atoms with Gasteiger partial charge in [-0.2, -0.15) is 0 Å². The lowest BCUT2D eigenvalue weighted by molar-refractivity contribution is 0.0684. The molecular weight excluding hydrogens is 460 g/mol. The van der Waals surface area contributed by atoms with Gasteiger partial charge in [0.2, 0.25) is 0 Å². The average Bonchev–Trinajstić information content (AvgIpc) is 2.77. The van der Waals surface area contributed by atoms with Gasteiger partial charge in [0.05, 0.1) is 22.3 Å². The van der Waals surface area contributed by atoms with E-state index in [1.54, 1.807) is 0 Å². The van der Waals surface area contributed by atoms with Crippen LogP contribution in [0.2, 0.25) is 0 Å². The van der Waals surface area contributed by atoms with E-state index in [0.29, 0.717) is 0 Å². The van der Waals surface area contributed by atoms with Gasteiger partial charge in [0.25, 0.3) is 11.8 Å². The number of aromatic carboxylic acids is 3. The zero-order valence-corrected chi connectivity index (χ0v) is 17.7. The molecule has 0 saturated carbocycles. The van der Waals surface area contributed by atoms with Crippen molar-refractivity contribution >= 4 is 52.5 Å². The van der Waals surface area contributed by atoms with Gasteiger partial charge in [-0.3, -0.25) is 9.59 Å². The number of amides is 2. The molecule has 3 rings (SSSR count). The van der Waals surface area contributed by atoms with Crippen molar-refractivity contribution in [2.24, 2.45) is 0 Å². The van der Waals surface area contributed by atoms with Crippen molar-refractivity contribution in [3.8, 4) is 0 Å². The first-order valence-corrected chi connectivity index (χ1v) is 9.72. The number of nitrogens with two attached hydrogens (primary N) is 2. The van der Waals surface area contributed by atoms with Crippen molar-refractivity contribution in [2.75, 3.05) is 22.1 Å². The van der Waals surface area contributed by atoms with Crippen LogP contribution in [0.5, 0.6) is 0 Å². The molecule has 0 aliphatic heterocycles. The summed E-state index contributed by atoms with van der Waals surface area (Å²) in [5.41, 5.74) is 10.3. The van der Waals surface area contributed by atoms with Crippen LogP contribution < -0.4 is 22.1 Å². The molecule has 12 nitrogen and oxygen atoms in total. The fourth-order valence-corrected chi connectivity index (χ4v) is 3.16. The maximum Gasteiger partial charge on any atom is 0.336 e. The summed E-state index contributed by atoms with van der Waals surface area (Å²) < 4.78 is 0. The molecular formula is C23H18N4O8. The summed E-state index contributed by atoms with van der Waals surface area (Å²) in [5.74, 6) is -5.68. The number of anilines is 4. The molecule has 178 valence electrons. The lowest BCUT2D eigenvalue weighted by Gasteiger charge is -2.12. The van der Waals surface area contributed by atoms with Crippen LogP contribution in [0.15, 0.2) is 54.6 Å². The summed E-state index contributed by atoms with van der Waals surface area (Å²) in [5, 5.41) is 32.6. The van der Waals surface area contributed by atoms with Gasteiger partial charge in [0.15, 0.2) is 0 Å². The zero-order chi connectivity index (χ0) is 25.9. The molecule has 0 radical (unpaired) electrons. The van der Waals surface area contributed by atoms with Crippen LogP contribution in [0.3, 0.4) is 0 Å². The highest BCUT2D eigenvalue weighted by molar-refractivity contribution is 6.13. The Balaban J connectivity index is 1.88. The minimum atomic E-state index is -1.50. The van der Waals surface area contributed by atoms with Crippen molar-refractivity contribution in [3.63, 3.8) is 0 Å². The number of carbonyl (C=O) groups excluding carboxylic acids is 2. The number of carboxylic acid groups (broad SMARTS) is 3. The van der Waals surface area contributed by atoms with Crippen LogP contribution >= 0.6 is 0 Å². The van der Waals surface area contributed by atoms with Gasteiger partial charge in [0, 0.05) is 28.3 Å². The highest BCUT2D eigenvalue weighted by atomic mass is 16.4. The second kappa shape index (κ2) is 9.62. The van der Waals surface area contributed by atoms with Gasteiger partial charge in [-0.05, 0) is 54.6 Å². The Hall–Kier alpha value is -5.39. The Morgan fingerprint density at radius 2 is 1.03 bits per heavy atom. The highest BCUT2D eigenvalue weighted by Gasteiger charge is 2.20. The van der Waals surface area contributed by atoms with E-state index in [-0.39, 0.29) is 45.0 Å². The van der Waals surface area contributed by atoms with Crippen LogP contribution in [0.1, 0.15) is 51.8 Å². The molecule has 0 bridgehead atoms. The van der Waals surface area contributed by atoms with Crippen molar-refractivity contribution in [1.82, 2.24) is 0 Å². The van der Waals surface area contributed by atoms with Gasteiger partial charge >= 0.3 is 17.9 Å². The van der Waals surface area contributed by atoms with E-state index in [4.69, 9.17) is 21.7 Å². The minimum absolute atomic E-state index is 0.0291. The molecule has 0 unspecified atom stereocenters. The van der Waals surface area contributed by atoms with E-state index in [9.17, 15) is 29.1 Å². The second-order valence-electron chi connectivity index (χ2n) is 7.27. The number of hydrogen-bond donors (Lipinski definition) is 7. The Morgan fingerprint density at radius 1 is 0.543 bits per heavy atom. The minimum Gasteiger partial charge on any atom is -0.478 e. The summed E-state index contributed by atoms with van der Waals surface area (Å²) in [6, 6.07) is 10.6. The van der Waals surface area contributed by atoms with E-state index in [1.165, 1.54) is 36.4 Å². The van der Waals surface area contributed by atoms with Gasteiger partial charge in [0.1, 0.15) is 0 Å². The number of nitrogens with one attached hydrogen (secondary N) is 2.